The number of aliphatic hydroxyl groups is 1. The number of ether oxygens (including phenoxy) is 1. The Morgan fingerprint density at radius 3 is 2.50 bits per heavy atom. The van der Waals surface area contributed by atoms with E-state index in [9.17, 15) is 18.3 Å². The van der Waals surface area contributed by atoms with E-state index in [-0.39, 0.29) is 25.9 Å². The van der Waals surface area contributed by atoms with Crippen molar-refractivity contribution in [2.75, 3.05) is 20.2 Å². The predicted molar refractivity (Wildman–Crippen MR) is 73.2 cm³/mol. The zero-order valence-corrected chi connectivity index (χ0v) is 12.2. The second-order valence-electron chi connectivity index (χ2n) is 5.45. The number of benzene rings is 1. The van der Waals surface area contributed by atoms with Crippen LogP contribution in [0.5, 0.6) is 5.75 Å². The standard InChI is InChI=1S/C15H17F3N2O2/c1-22-13-3-2-11(8-12(13)9-19)10-20-6-4-14(21,5-7-20)15(16,17)18/h2-3,8,21H,4-7,10H2,1H3. The predicted octanol–water partition coefficient (Wildman–Crippen LogP) is 2.46. The van der Waals surface area contributed by atoms with Gasteiger partial charge in [0.2, 0.25) is 0 Å². The van der Waals surface area contributed by atoms with E-state index < -0.39 is 11.8 Å². The number of rotatable bonds is 3. The number of piperidine rings is 1. The SMILES string of the molecule is COc1ccc(CN2CCC(O)(C(F)(F)F)CC2)cc1C#N. The normalized spacial score (nSPS) is 18.7. The quantitative estimate of drug-likeness (QED) is 0.931. The Morgan fingerprint density at radius 2 is 2.00 bits per heavy atom. The molecule has 22 heavy (non-hydrogen) atoms. The van der Waals surface area contributed by atoms with E-state index in [0.717, 1.165) is 5.56 Å². The van der Waals surface area contributed by atoms with Crippen LogP contribution in [-0.2, 0) is 6.54 Å². The fourth-order valence-corrected chi connectivity index (χ4v) is 2.56. The van der Waals surface area contributed by atoms with Gasteiger partial charge in [-0.15, -0.1) is 0 Å². The molecule has 0 radical (unpaired) electrons. The van der Waals surface area contributed by atoms with Gasteiger partial charge in [0, 0.05) is 19.6 Å². The Morgan fingerprint density at radius 1 is 1.36 bits per heavy atom. The minimum Gasteiger partial charge on any atom is -0.495 e. The van der Waals surface area contributed by atoms with Crippen LogP contribution in [-0.4, -0.2) is 42.0 Å². The molecule has 0 bridgehead atoms. The Labute approximate surface area is 126 Å². The number of alkyl halides is 3. The van der Waals surface area contributed by atoms with Crippen molar-refractivity contribution in [2.45, 2.75) is 31.2 Å². The smallest absolute Gasteiger partial charge is 0.417 e. The van der Waals surface area contributed by atoms with E-state index >= 15 is 0 Å². The first-order valence-corrected chi connectivity index (χ1v) is 6.87. The van der Waals surface area contributed by atoms with Gasteiger partial charge in [0.25, 0.3) is 0 Å². The average Bonchev–Trinajstić information content (AvgIpc) is 2.48. The first kappa shape index (κ1) is 16.6. The van der Waals surface area contributed by atoms with E-state index in [1.807, 2.05) is 11.0 Å². The van der Waals surface area contributed by atoms with Crippen LogP contribution in [0.25, 0.3) is 0 Å². The van der Waals surface area contributed by atoms with Gasteiger partial charge in [0.1, 0.15) is 11.8 Å². The topological polar surface area (TPSA) is 56.5 Å². The van der Waals surface area contributed by atoms with E-state index in [1.54, 1.807) is 18.2 Å². The first-order chi connectivity index (χ1) is 10.3. The molecule has 1 aliphatic heterocycles. The molecule has 0 atom stereocenters. The lowest BCUT2D eigenvalue weighted by Gasteiger charge is -2.39. The highest BCUT2D eigenvalue weighted by Gasteiger charge is 2.54. The Kier molecular flexibility index (Phi) is 4.63. The summed E-state index contributed by atoms with van der Waals surface area (Å²) in [4.78, 5) is 1.84. The van der Waals surface area contributed by atoms with Crippen LogP contribution in [0.4, 0.5) is 13.2 Å². The van der Waals surface area contributed by atoms with Crippen molar-refractivity contribution >= 4 is 0 Å². The van der Waals surface area contributed by atoms with Crippen molar-refractivity contribution in [3.8, 4) is 11.8 Å². The zero-order chi connectivity index (χ0) is 16.4. The number of nitrogens with zero attached hydrogens (tertiary/aromatic N) is 2. The maximum absolute atomic E-state index is 12.7. The third-order valence-corrected chi connectivity index (χ3v) is 4.00. The van der Waals surface area contributed by atoms with Crippen LogP contribution in [0.1, 0.15) is 24.0 Å². The Bertz CT molecular complexity index is 573. The highest BCUT2D eigenvalue weighted by molar-refractivity contribution is 5.45. The Hall–Kier alpha value is -1.78. The molecule has 1 fully saturated rings. The summed E-state index contributed by atoms with van der Waals surface area (Å²) in [5.74, 6) is 0.469. The summed E-state index contributed by atoms with van der Waals surface area (Å²) in [5.41, 5.74) is -1.36. The maximum Gasteiger partial charge on any atom is 0.417 e. The number of nitriles is 1. The molecule has 7 heteroatoms. The van der Waals surface area contributed by atoms with Crippen LogP contribution >= 0.6 is 0 Å². The number of halogens is 3. The number of methoxy groups -OCH3 is 1. The summed E-state index contributed by atoms with van der Waals surface area (Å²) in [5, 5.41) is 18.7. The first-order valence-electron chi connectivity index (χ1n) is 6.87. The summed E-state index contributed by atoms with van der Waals surface area (Å²) in [6.07, 6.45) is -5.26. The molecular weight excluding hydrogens is 297 g/mol. The molecule has 1 heterocycles. The fourth-order valence-electron chi connectivity index (χ4n) is 2.56. The molecule has 0 amide bonds. The molecule has 1 N–H and O–H groups in total. The minimum absolute atomic E-state index is 0.157. The van der Waals surface area contributed by atoms with Crippen LogP contribution in [0.2, 0.25) is 0 Å². The molecule has 0 spiro atoms. The summed E-state index contributed by atoms with van der Waals surface area (Å²) in [6, 6.07) is 7.15. The monoisotopic (exact) mass is 314 g/mol. The van der Waals surface area contributed by atoms with Crippen molar-refractivity contribution in [2.24, 2.45) is 0 Å². The van der Waals surface area contributed by atoms with Gasteiger partial charge < -0.3 is 9.84 Å². The molecule has 0 aliphatic carbocycles. The van der Waals surface area contributed by atoms with Crippen molar-refractivity contribution in [1.82, 2.24) is 4.90 Å². The lowest BCUT2D eigenvalue weighted by atomic mass is 9.90. The average molecular weight is 314 g/mol. The van der Waals surface area contributed by atoms with Gasteiger partial charge >= 0.3 is 6.18 Å². The molecule has 4 nitrogen and oxygen atoms in total. The van der Waals surface area contributed by atoms with Gasteiger partial charge in [-0.1, -0.05) is 6.07 Å². The second kappa shape index (κ2) is 6.15. The summed E-state index contributed by atoms with van der Waals surface area (Å²) in [7, 11) is 1.47. The molecule has 1 aromatic rings. The van der Waals surface area contributed by atoms with Gasteiger partial charge in [-0.3, -0.25) is 4.90 Å². The van der Waals surface area contributed by atoms with Crippen molar-refractivity contribution in [1.29, 1.82) is 5.26 Å². The van der Waals surface area contributed by atoms with Crippen LogP contribution in [0.3, 0.4) is 0 Å². The lowest BCUT2D eigenvalue weighted by Crippen LogP contribution is -2.53. The van der Waals surface area contributed by atoms with E-state index in [1.165, 1.54) is 7.11 Å². The summed E-state index contributed by atoms with van der Waals surface area (Å²) >= 11 is 0. The van der Waals surface area contributed by atoms with Gasteiger partial charge in [0.05, 0.1) is 12.7 Å². The van der Waals surface area contributed by atoms with Crippen LogP contribution in [0.15, 0.2) is 18.2 Å². The van der Waals surface area contributed by atoms with Gasteiger partial charge in [0.15, 0.2) is 5.60 Å². The molecule has 0 unspecified atom stereocenters. The molecule has 2 rings (SSSR count). The van der Waals surface area contributed by atoms with Gasteiger partial charge in [-0.25, -0.2) is 0 Å². The van der Waals surface area contributed by atoms with Crippen molar-refractivity contribution < 1.29 is 23.0 Å². The van der Waals surface area contributed by atoms with Crippen molar-refractivity contribution in [3.63, 3.8) is 0 Å². The molecule has 1 aromatic carbocycles. The van der Waals surface area contributed by atoms with Crippen molar-refractivity contribution in [3.05, 3.63) is 29.3 Å². The lowest BCUT2D eigenvalue weighted by molar-refractivity contribution is -0.272. The summed E-state index contributed by atoms with van der Waals surface area (Å²) < 4.78 is 43.3. The summed E-state index contributed by atoms with van der Waals surface area (Å²) in [6.45, 7) is 0.750. The van der Waals surface area contributed by atoms with Crippen LogP contribution in [0, 0.1) is 11.3 Å². The van der Waals surface area contributed by atoms with Gasteiger partial charge in [-0.05, 0) is 30.5 Å². The third kappa shape index (κ3) is 3.34. The third-order valence-electron chi connectivity index (χ3n) is 4.00. The molecular formula is C15H17F3N2O2. The molecule has 1 aliphatic rings. The van der Waals surface area contributed by atoms with Crippen LogP contribution < -0.4 is 4.74 Å². The number of hydrogen-bond donors (Lipinski definition) is 1. The largest absolute Gasteiger partial charge is 0.495 e. The van der Waals surface area contributed by atoms with E-state index in [0.29, 0.717) is 17.9 Å². The number of hydrogen-bond acceptors (Lipinski definition) is 4. The van der Waals surface area contributed by atoms with E-state index in [2.05, 4.69) is 0 Å². The highest BCUT2D eigenvalue weighted by atomic mass is 19.4. The molecule has 120 valence electrons. The number of likely N-dealkylation sites (tertiary alicyclic amines) is 1. The molecule has 0 saturated carbocycles. The highest BCUT2D eigenvalue weighted by Crippen LogP contribution is 2.38. The molecule has 1 saturated heterocycles. The molecule has 0 aromatic heterocycles. The second-order valence-corrected chi connectivity index (χ2v) is 5.45. The van der Waals surface area contributed by atoms with E-state index in [4.69, 9.17) is 10.00 Å². The minimum atomic E-state index is -4.59. The zero-order valence-electron chi connectivity index (χ0n) is 12.2. The Balaban J connectivity index is 2.01. The fraction of sp³-hybridized carbons (Fsp3) is 0.533. The maximum atomic E-state index is 12.7. The van der Waals surface area contributed by atoms with Gasteiger partial charge in [-0.2, -0.15) is 18.4 Å².